The molecule has 1 amide bonds. The summed E-state index contributed by atoms with van der Waals surface area (Å²) in [4.78, 5) is 12.0. The fourth-order valence-corrected chi connectivity index (χ4v) is 2.76. The van der Waals surface area contributed by atoms with Crippen molar-refractivity contribution in [3.8, 4) is 22.3 Å². The van der Waals surface area contributed by atoms with Gasteiger partial charge in [-0.25, -0.2) is 0 Å². The molecule has 1 N–H and O–H groups in total. The predicted molar refractivity (Wildman–Crippen MR) is 94.8 cm³/mol. The molecule has 0 atom stereocenters. The molecule has 0 spiro atoms. The van der Waals surface area contributed by atoms with Gasteiger partial charge in [0.05, 0.1) is 20.5 Å². The highest BCUT2D eigenvalue weighted by Gasteiger charge is 2.10. The van der Waals surface area contributed by atoms with Gasteiger partial charge in [0.15, 0.2) is 22.3 Å². The van der Waals surface area contributed by atoms with Crippen LogP contribution in [0.1, 0.15) is 5.56 Å². The Hall–Kier alpha value is -3.13. The van der Waals surface area contributed by atoms with Crippen LogP contribution < -0.4 is 14.8 Å². The van der Waals surface area contributed by atoms with Crippen molar-refractivity contribution in [2.45, 2.75) is 0 Å². The molecule has 3 rings (SSSR count). The van der Waals surface area contributed by atoms with Crippen LogP contribution in [0.15, 0.2) is 47.1 Å². The van der Waals surface area contributed by atoms with Crippen molar-refractivity contribution < 1.29 is 18.7 Å². The molecule has 0 aliphatic carbocycles. The van der Waals surface area contributed by atoms with Gasteiger partial charge in [-0.2, -0.15) is 0 Å². The molecule has 0 saturated heterocycles. The lowest BCUT2D eigenvalue weighted by Gasteiger charge is -2.07. The van der Waals surface area contributed by atoms with E-state index in [1.54, 1.807) is 50.8 Å². The van der Waals surface area contributed by atoms with E-state index in [4.69, 9.17) is 13.9 Å². The zero-order chi connectivity index (χ0) is 17.6. The Morgan fingerprint density at radius 2 is 2.04 bits per heavy atom. The summed E-state index contributed by atoms with van der Waals surface area (Å²) in [6.45, 7) is 0. The molecule has 0 bridgehead atoms. The quantitative estimate of drug-likeness (QED) is 0.680. The second kappa shape index (κ2) is 7.63. The number of carbonyl (C=O) groups is 1. The van der Waals surface area contributed by atoms with Crippen LogP contribution in [0.25, 0.3) is 16.8 Å². The largest absolute Gasteiger partial charge is 0.493 e. The number of ether oxygens (including phenoxy) is 2. The van der Waals surface area contributed by atoms with Crippen LogP contribution in [0, 0.1) is 0 Å². The summed E-state index contributed by atoms with van der Waals surface area (Å²) >= 11 is 1.23. The van der Waals surface area contributed by atoms with E-state index in [-0.39, 0.29) is 5.91 Å². The molecule has 0 fully saturated rings. The number of benzene rings is 1. The Kier molecular flexibility index (Phi) is 5.10. The first kappa shape index (κ1) is 16.7. The van der Waals surface area contributed by atoms with Crippen LogP contribution in [0.4, 0.5) is 5.13 Å². The van der Waals surface area contributed by atoms with Crippen molar-refractivity contribution >= 4 is 28.5 Å². The number of hydrogen-bond donors (Lipinski definition) is 1. The number of nitrogens with one attached hydrogen (secondary N) is 1. The van der Waals surface area contributed by atoms with Gasteiger partial charge in [0.25, 0.3) is 0 Å². The molecule has 0 radical (unpaired) electrons. The van der Waals surface area contributed by atoms with E-state index in [0.717, 1.165) is 5.56 Å². The van der Waals surface area contributed by atoms with Crippen LogP contribution in [0.3, 0.4) is 0 Å². The number of methoxy groups -OCH3 is 2. The normalized spacial score (nSPS) is 10.8. The van der Waals surface area contributed by atoms with E-state index in [0.29, 0.717) is 27.4 Å². The van der Waals surface area contributed by atoms with Gasteiger partial charge in [-0.1, -0.05) is 17.4 Å². The molecule has 7 nitrogen and oxygen atoms in total. The summed E-state index contributed by atoms with van der Waals surface area (Å²) in [5, 5.41) is 11.6. The SMILES string of the molecule is COc1ccc(/C=C/C(=O)Nc2nnc(-c3ccco3)s2)cc1OC. The van der Waals surface area contributed by atoms with E-state index in [9.17, 15) is 4.79 Å². The van der Waals surface area contributed by atoms with Gasteiger partial charge in [0.2, 0.25) is 11.0 Å². The monoisotopic (exact) mass is 357 g/mol. The van der Waals surface area contributed by atoms with Crippen molar-refractivity contribution in [3.63, 3.8) is 0 Å². The molecule has 3 aromatic rings. The second-order valence-corrected chi connectivity index (χ2v) is 5.80. The molecule has 128 valence electrons. The number of aromatic nitrogens is 2. The third kappa shape index (κ3) is 4.04. The van der Waals surface area contributed by atoms with Crippen LogP contribution in [-0.2, 0) is 4.79 Å². The number of furan rings is 1. The minimum absolute atomic E-state index is 0.308. The summed E-state index contributed by atoms with van der Waals surface area (Å²) in [6, 6.07) is 8.92. The maximum atomic E-state index is 12.0. The highest BCUT2D eigenvalue weighted by Crippen LogP contribution is 2.28. The Bertz CT molecular complexity index is 887. The third-order valence-electron chi connectivity index (χ3n) is 3.22. The molecular formula is C17H15N3O4S. The zero-order valence-corrected chi connectivity index (χ0v) is 14.4. The summed E-state index contributed by atoms with van der Waals surface area (Å²) < 4.78 is 15.7. The van der Waals surface area contributed by atoms with Crippen LogP contribution in [0.5, 0.6) is 11.5 Å². The van der Waals surface area contributed by atoms with Gasteiger partial charge < -0.3 is 13.9 Å². The van der Waals surface area contributed by atoms with E-state index >= 15 is 0 Å². The zero-order valence-electron chi connectivity index (χ0n) is 13.6. The van der Waals surface area contributed by atoms with Gasteiger partial charge in [0, 0.05) is 6.08 Å². The number of amides is 1. The summed E-state index contributed by atoms with van der Waals surface area (Å²) in [5.41, 5.74) is 0.807. The van der Waals surface area contributed by atoms with Gasteiger partial charge in [-0.15, -0.1) is 10.2 Å². The molecule has 8 heteroatoms. The number of nitrogens with zero attached hydrogens (tertiary/aromatic N) is 2. The summed E-state index contributed by atoms with van der Waals surface area (Å²) in [5.74, 6) is 1.52. The number of hydrogen-bond acceptors (Lipinski definition) is 7. The second-order valence-electron chi connectivity index (χ2n) is 4.83. The van der Waals surface area contributed by atoms with Gasteiger partial charge in [0.1, 0.15) is 0 Å². The van der Waals surface area contributed by atoms with Gasteiger partial charge in [-0.05, 0) is 35.9 Å². The van der Waals surface area contributed by atoms with Crippen molar-refractivity contribution in [1.82, 2.24) is 10.2 Å². The first-order valence-electron chi connectivity index (χ1n) is 7.28. The van der Waals surface area contributed by atoms with Gasteiger partial charge in [-0.3, -0.25) is 10.1 Å². The molecule has 2 heterocycles. The van der Waals surface area contributed by atoms with Gasteiger partial charge >= 0.3 is 0 Å². The first-order valence-corrected chi connectivity index (χ1v) is 8.09. The Balaban J connectivity index is 1.65. The van der Waals surface area contributed by atoms with E-state index in [1.165, 1.54) is 17.4 Å². The molecule has 2 aromatic heterocycles. The van der Waals surface area contributed by atoms with E-state index in [1.807, 2.05) is 6.07 Å². The smallest absolute Gasteiger partial charge is 0.250 e. The fraction of sp³-hybridized carbons (Fsp3) is 0.118. The molecule has 25 heavy (non-hydrogen) atoms. The Labute approximate surface area is 147 Å². The van der Waals surface area contributed by atoms with Crippen molar-refractivity contribution in [1.29, 1.82) is 0 Å². The highest BCUT2D eigenvalue weighted by molar-refractivity contribution is 7.18. The highest BCUT2D eigenvalue weighted by atomic mass is 32.1. The van der Waals surface area contributed by atoms with E-state index < -0.39 is 0 Å². The topological polar surface area (TPSA) is 86.5 Å². The average Bonchev–Trinajstić information content (AvgIpc) is 3.31. The molecule has 0 aliphatic heterocycles. The maximum absolute atomic E-state index is 12.0. The van der Waals surface area contributed by atoms with Crippen LogP contribution in [0.2, 0.25) is 0 Å². The molecular weight excluding hydrogens is 342 g/mol. The van der Waals surface area contributed by atoms with Crippen molar-refractivity contribution in [2.24, 2.45) is 0 Å². The Morgan fingerprint density at radius 1 is 1.20 bits per heavy atom. The average molecular weight is 357 g/mol. The molecule has 1 aromatic carbocycles. The van der Waals surface area contributed by atoms with E-state index in [2.05, 4.69) is 15.5 Å². The first-order chi connectivity index (χ1) is 12.2. The lowest BCUT2D eigenvalue weighted by molar-refractivity contribution is -0.111. The maximum Gasteiger partial charge on any atom is 0.250 e. The number of anilines is 1. The summed E-state index contributed by atoms with van der Waals surface area (Å²) in [7, 11) is 3.13. The van der Waals surface area contributed by atoms with Crippen molar-refractivity contribution in [3.05, 3.63) is 48.2 Å². The number of rotatable bonds is 6. The standard InChI is InChI=1S/C17H15N3O4S/c1-22-12-7-5-11(10-14(12)23-2)6-8-15(21)18-17-20-19-16(25-17)13-4-3-9-24-13/h3-10H,1-2H3,(H,18,20,21)/b8-6+. The fourth-order valence-electron chi connectivity index (χ4n) is 2.05. The summed E-state index contributed by atoms with van der Waals surface area (Å²) in [6.07, 6.45) is 4.64. The molecule has 0 saturated carbocycles. The van der Waals surface area contributed by atoms with Crippen LogP contribution >= 0.6 is 11.3 Å². The third-order valence-corrected chi connectivity index (χ3v) is 4.08. The predicted octanol–water partition coefficient (Wildman–Crippen LogP) is 3.47. The minimum atomic E-state index is -0.308. The number of carbonyl (C=O) groups excluding carboxylic acids is 1. The molecule has 0 aliphatic rings. The van der Waals surface area contributed by atoms with Crippen LogP contribution in [-0.4, -0.2) is 30.3 Å². The van der Waals surface area contributed by atoms with Crippen molar-refractivity contribution in [2.75, 3.05) is 19.5 Å². The Morgan fingerprint density at radius 3 is 2.76 bits per heavy atom. The lowest BCUT2D eigenvalue weighted by atomic mass is 10.2. The molecule has 0 unspecified atom stereocenters. The lowest BCUT2D eigenvalue weighted by Crippen LogP contribution is -2.07. The minimum Gasteiger partial charge on any atom is -0.493 e.